The van der Waals surface area contributed by atoms with Crippen molar-refractivity contribution in [2.45, 2.75) is 12.5 Å². The number of fused-ring (bicyclic) bond motifs is 1. The minimum Gasteiger partial charge on any atom is -0.507 e. The van der Waals surface area contributed by atoms with Crippen LogP contribution in [0.15, 0.2) is 36.4 Å². The van der Waals surface area contributed by atoms with Gasteiger partial charge < -0.3 is 14.9 Å². The maximum Gasteiger partial charge on any atom is 0.333 e. The van der Waals surface area contributed by atoms with E-state index in [1.165, 1.54) is 7.11 Å². The molecule has 0 spiro atoms. The molecule has 0 heterocycles. The second-order valence-electron chi connectivity index (χ2n) is 4.06. The molecule has 0 aliphatic rings. The summed E-state index contributed by atoms with van der Waals surface area (Å²) in [4.78, 5) is 11.0. The van der Waals surface area contributed by atoms with Crippen LogP contribution in [-0.4, -0.2) is 29.4 Å². The van der Waals surface area contributed by atoms with E-state index in [9.17, 15) is 9.90 Å². The van der Waals surface area contributed by atoms with E-state index in [1.807, 2.05) is 18.2 Å². The van der Waals surface area contributed by atoms with Gasteiger partial charge in [-0.1, -0.05) is 30.3 Å². The number of hydrogen-bond acceptors (Lipinski definition) is 3. The summed E-state index contributed by atoms with van der Waals surface area (Å²) in [5.41, 5.74) is 0.845. The topological polar surface area (TPSA) is 66.8 Å². The molecule has 0 radical (unpaired) electrons. The van der Waals surface area contributed by atoms with E-state index in [0.717, 1.165) is 16.3 Å². The molecule has 0 aromatic heterocycles. The van der Waals surface area contributed by atoms with Crippen LogP contribution in [0.2, 0.25) is 0 Å². The van der Waals surface area contributed by atoms with Crippen LogP contribution < -0.4 is 0 Å². The van der Waals surface area contributed by atoms with Gasteiger partial charge in [-0.25, -0.2) is 4.79 Å². The minimum atomic E-state index is -0.991. The molecular weight excluding hydrogens is 232 g/mol. The fraction of sp³-hybridized carbons (Fsp3) is 0.214. The van der Waals surface area contributed by atoms with Crippen LogP contribution >= 0.6 is 0 Å². The monoisotopic (exact) mass is 246 g/mol. The van der Waals surface area contributed by atoms with Crippen LogP contribution in [0.4, 0.5) is 0 Å². The molecule has 1 atom stereocenters. The summed E-state index contributed by atoms with van der Waals surface area (Å²) in [5, 5.41) is 20.3. The zero-order valence-corrected chi connectivity index (χ0v) is 9.96. The van der Waals surface area contributed by atoms with Crippen molar-refractivity contribution in [2.24, 2.45) is 0 Å². The van der Waals surface area contributed by atoms with Crippen molar-refractivity contribution in [3.63, 3.8) is 0 Å². The molecule has 0 aliphatic heterocycles. The highest BCUT2D eigenvalue weighted by molar-refractivity contribution is 5.91. The summed E-state index contributed by atoms with van der Waals surface area (Å²) >= 11 is 0. The molecule has 2 rings (SSSR count). The van der Waals surface area contributed by atoms with E-state index in [4.69, 9.17) is 9.84 Å². The Morgan fingerprint density at radius 2 is 1.89 bits per heavy atom. The Bertz CT molecular complexity index is 577. The molecular formula is C14H14O4. The Hall–Kier alpha value is -2.07. The Balaban J connectivity index is 2.45. The molecule has 1 unspecified atom stereocenters. The molecule has 2 aromatic carbocycles. The number of carbonyl (C=O) groups is 1. The van der Waals surface area contributed by atoms with E-state index in [-0.39, 0.29) is 12.2 Å². The molecule has 0 saturated carbocycles. The van der Waals surface area contributed by atoms with Gasteiger partial charge in [-0.2, -0.15) is 0 Å². The molecule has 0 fully saturated rings. The predicted molar refractivity (Wildman–Crippen MR) is 67.7 cm³/mol. The summed E-state index contributed by atoms with van der Waals surface area (Å²) in [5.74, 6) is -0.798. The van der Waals surface area contributed by atoms with Gasteiger partial charge in [0, 0.05) is 18.9 Å². The van der Waals surface area contributed by atoms with Gasteiger partial charge in [-0.3, -0.25) is 0 Å². The first-order valence-electron chi connectivity index (χ1n) is 5.58. The fourth-order valence-corrected chi connectivity index (χ4v) is 1.99. The van der Waals surface area contributed by atoms with Crippen LogP contribution in [-0.2, 0) is 16.0 Å². The Morgan fingerprint density at radius 3 is 2.50 bits per heavy atom. The van der Waals surface area contributed by atoms with E-state index in [1.54, 1.807) is 18.2 Å². The standard InChI is InChI=1S/C14H14O4/c1-18-13(14(16)17)8-9-6-7-12(15)11-5-3-2-4-10(9)11/h2-7,13,15H,8H2,1H3,(H,16,17). The number of benzene rings is 2. The third kappa shape index (κ3) is 2.28. The van der Waals surface area contributed by atoms with E-state index >= 15 is 0 Å². The van der Waals surface area contributed by atoms with Crippen molar-refractivity contribution >= 4 is 16.7 Å². The molecule has 0 aliphatic carbocycles. The first-order chi connectivity index (χ1) is 8.63. The third-order valence-corrected chi connectivity index (χ3v) is 2.96. The highest BCUT2D eigenvalue weighted by Crippen LogP contribution is 2.28. The van der Waals surface area contributed by atoms with Crippen LogP contribution in [0.3, 0.4) is 0 Å². The fourth-order valence-electron chi connectivity index (χ4n) is 1.99. The van der Waals surface area contributed by atoms with E-state index < -0.39 is 12.1 Å². The number of phenols is 1. The van der Waals surface area contributed by atoms with Crippen LogP contribution in [0.5, 0.6) is 5.75 Å². The first kappa shape index (κ1) is 12.4. The maximum atomic E-state index is 11.0. The molecule has 2 aromatic rings. The summed E-state index contributed by atoms with van der Waals surface area (Å²) < 4.78 is 4.93. The van der Waals surface area contributed by atoms with Crippen molar-refractivity contribution < 1.29 is 19.7 Å². The average Bonchev–Trinajstić information content (AvgIpc) is 2.38. The van der Waals surface area contributed by atoms with Gasteiger partial charge in [0.05, 0.1) is 0 Å². The lowest BCUT2D eigenvalue weighted by Crippen LogP contribution is -2.24. The lowest BCUT2D eigenvalue weighted by Gasteiger charge is -2.13. The van der Waals surface area contributed by atoms with E-state index in [2.05, 4.69) is 0 Å². The number of rotatable bonds is 4. The van der Waals surface area contributed by atoms with Gasteiger partial charge in [0.25, 0.3) is 0 Å². The van der Waals surface area contributed by atoms with Gasteiger partial charge in [0.2, 0.25) is 0 Å². The second kappa shape index (κ2) is 5.06. The highest BCUT2D eigenvalue weighted by atomic mass is 16.5. The zero-order chi connectivity index (χ0) is 13.1. The number of phenolic OH excluding ortho intramolecular Hbond substituents is 1. The van der Waals surface area contributed by atoms with Crippen LogP contribution in [0.1, 0.15) is 5.56 Å². The molecule has 0 amide bonds. The van der Waals surface area contributed by atoms with Crippen LogP contribution in [0.25, 0.3) is 10.8 Å². The third-order valence-electron chi connectivity index (χ3n) is 2.96. The number of carboxylic acid groups (broad SMARTS) is 1. The van der Waals surface area contributed by atoms with Crippen molar-refractivity contribution in [3.8, 4) is 5.75 Å². The van der Waals surface area contributed by atoms with Gasteiger partial charge in [-0.05, 0) is 17.0 Å². The summed E-state index contributed by atoms with van der Waals surface area (Å²) in [6, 6.07) is 10.7. The number of aromatic hydroxyl groups is 1. The Morgan fingerprint density at radius 1 is 1.22 bits per heavy atom. The smallest absolute Gasteiger partial charge is 0.333 e. The van der Waals surface area contributed by atoms with Crippen molar-refractivity contribution in [1.29, 1.82) is 0 Å². The van der Waals surface area contributed by atoms with Crippen LogP contribution in [0, 0.1) is 0 Å². The molecule has 4 heteroatoms. The molecule has 18 heavy (non-hydrogen) atoms. The van der Waals surface area contributed by atoms with Gasteiger partial charge in [0.15, 0.2) is 6.10 Å². The second-order valence-corrected chi connectivity index (χ2v) is 4.06. The number of aliphatic carboxylic acids is 1. The van der Waals surface area contributed by atoms with E-state index in [0.29, 0.717) is 0 Å². The lowest BCUT2D eigenvalue weighted by atomic mass is 9.99. The van der Waals surface area contributed by atoms with Crippen molar-refractivity contribution in [1.82, 2.24) is 0 Å². The lowest BCUT2D eigenvalue weighted by molar-refractivity contribution is -0.148. The molecule has 4 nitrogen and oxygen atoms in total. The normalized spacial score (nSPS) is 12.5. The van der Waals surface area contributed by atoms with Crippen molar-refractivity contribution in [3.05, 3.63) is 42.0 Å². The molecule has 0 bridgehead atoms. The SMILES string of the molecule is COC(Cc1ccc(O)c2ccccc12)C(=O)O. The highest BCUT2D eigenvalue weighted by Gasteiger charge is 2.18. The number of hydrogen-bond donors (Lipinski definition) is 2. The van der Waals surface area contributed by atoms with Gasteiger partial charge >= 0.3 is 5.97 Å². The molecule has 94 valence electrons. The maximum absolute atomic E-state index is 11.0. The van der Waals surface area contributed by atoms with Gasteiger partial charge in [-0.15, -0.1) is 0 Å². The quantitative estimate of drug-likeness (QED) is 0.867. The number of methoxy groups -OCH3 is 1. The zero-order valence-electron chi connectivity index (χ0n) is 9.96. The predicted octanol–water partition coefficient (Wildman–Crippen LogP) is 2.19. The molecule has 2 N–H and O–H groups in total. The number of ether oxygens (including phenoxy) is 1. The Kier molecular flexibility index (Phi) is 3.48. The van der Waals surface area contributed by atoms with Gasteiger partial charge in [0.1, 0.15) is 5.75 Å². The number of carboxylic acids is 1. The largest absolute Gasteiger partial charge is 0.507 e. The molecule has 0 saturated heterocycles. The van der Waals surface area contributed by atoms with Crippen molar-refractivity contribution in [2.75, 3.05) is 7.11 Å². The first-order valence-corrected chi connectivity index (χ1v) is 5.58. The minimum absolute atomic E-state index is 0.193. The summed E-state index contributed by atoms with van der Waals surface area (Å²) in [6.45, 7) is 0. The summed E-state index contributed by atoms with van der Waals surface area (Å²) in [7, 11) is 1.38. The summed E-state index contributed by atoms with van der Waals surface area (Å²) in [6.07, 6.45) is -0.606. The average molecular weight is 246 g/mol. The Labute approximate surface area is 104 Å².